The van der Waals surface area contributed by atoms with Crippen LogP contribution in [-0.2, 0) is 0 Å². The molecule has 3 saturated carbocycles. The van der Waals surface area contributed by atoms with Crippen LogP contribution in [0.1, 0.15) is 96.3 Å². The fourth-order valence-corrected chi connectivity index (χ4v) is 15.9. The van der Waals surface area contributed by atoms with Crippen LogP contribution in [0.15, 0.2) is 0 Å². The van der Waals surface area contributed by atoms with Crippen molar-refractivity contribution in [3.63, 3.8) is 0 Å². The first-order valence-electron chi connectivity index (χ1n) is 9.10. The maximum absolute atomic E-state index is 1.65. The van der Waals surface area contributed by atoms with E-state index in [0.717, 1.165) is 0 Å². The Morgan fingerprint density at radius 3 is 0.900 bits per heavy atom. The normalized spacial score (nSPS) is 27.9. The molecule has 3 fully saturated rings. The summed E-state index contributed by atoms with van der Waals surface area (Å²) in [6, 6.07) is 0. The van der Waals surface area contributed by atoms with Gasteiger partial charge >= 0.3 is 128 Å². The number of halogens is 1. The molecule has 3 aliphatic rings. The zero-order valence-electron chi connectivity index (χ0n) is 13.2. The molecule has 0 spiro atoms. The van der Waals surface area contributed by atoms with Crippen LogP contribution in [0.3, 0.4) is 0 Å². The molecule has 0 aromatic rings. The van der Waals surface area contributed by atoms with Crippen LogP contribution in [-0.4, -0.2) is 35.7 Å². The molecule has 2 heteroatoms. The van der Waals surface area contributed by atoms with Gasteiger partial charge in [0.15, 0.2) is 0 Å². The van der Waals surface area contributed by atoms with Gasteiger partial charge in [-0.3, -0.25) is 0 Å². The summed E-state index contributed by atoms with van der Waals surface area (Å²) in [7, 11) is 0. The van der Waals surface area contributed by atoms with Crippen molar-refractivity contribution in [3.8, 4) is 0 Å². The van der Waals surface area contributed by atoms with E-state index in [1.165, 1.54) is 11.8 Å². The van der Waals surface area contributed by atoms with E-state index in [1.807, 2.05) is 0 Å². The number of hydrogen-bond acceptors (Lipinski definition) is 0. The first kappa shape index (κ1) is 17.9. The summed E-state index contributed by atoms with van der Waals surface area (Å²) < 4.78 is 3.84. The Morgan fingerprint density at radius 2 is 0.650 bits per heavy atom. The van der Waals surface area contributed by atoms with Gasteiger partial charge in [-0.15, -0.1) is 0 Å². The van der Waals surface area contributed by atoms with Crippen molar-refractivity contribution in [1.82, 2.24) is 0 Å². The van der Waals surface area contributed by atoms with E-state index in [0.29, 0.717) is 0 Å². The second kappa shape index (κ2) is 9.62. The fourth-order valence-electron chi connectivity index (χ4n) is 4.67. The van der Waals surface area contributed by atoms with Gasteiger partial charge in [-0.05, 0) is 0 Å². The molecule has 0 aromatic carbocycles. The summed E-state index contributed by atoms with van der Waals surface area (Å²) in [5, 5.41) is 0. The van der Waals surface area contributed by atoms with Crippen LogP contribution >= 0.6 is 19.8 Å². The summed E-state index contributed by atoms with van der Waals surface area (Å²) in [4.78, 5) is 0. The molecule has 0 amide bonds. The average Bonchev–Trinajstić information content (AvgIpc) is 2.51. The van der Waals surface area contributed by atoms with E-state index >= 15 is 0 Å². The third kappa shape index (κ3) is 4.76. The molecule has 0 bridgehead atoms. The van der Waals surface area contributed by atoms with Crippen molar-refractivity contribution in [2.45, 2.75) is 108 Å². The molecule has 20 heavy (non-hydrogen) atoms. The Kier molecular flexibility index (Phi) is 8.60. The summed E-state index contributed by atoms with van der Waals surface area (Å²) in [6.07, 6.45) is 24.0. The predicted octanol–water partition coefficient (Wildman–Crippen LogP) is 6.11. The molecular formula is C18H33ISn. The quantitative estimate of drug-likeness (QED) is 0.252. The van der Waals surface area contributed by atoms with E-state index in [-0.39, 0.29) is 23.9 Å². The SMILES string of the molecule is C1CCC(I(C2CCCCC2)C2CCCCC2)CC1.[Sn]. The van der Waals surface area contributed by atoms with Crippen LogP contribution in [0.5, 0.6) is 0 Å². The summed E-state index contributed by atoms with van der Waals surface area (Å²) in [5.74, 6) is 0. The van der Waals surface area contributed by atoms with Gasteiger partial charge in [0.2, 0.25) is 0 Å². The summed E-state index contributed by atoms with van der Waals surface area (Å²) in [5.41, 5.74) is 0. The summed E-state index contributed by atoms with van der Waals surface area (Å²) in [6.45, 7) is 0. The number of rotatable bonds is 3. The van der Waals surface area contributed by atoms with Gasteiger partial charge in [0.25, 0.3) is 0 Å². The van der Waals surface area contributed by atoms with E-state index < -0.39 is 19.8 Å². The van der Waals surface area contributed by atoms with Crippen molar-refractivity contribution in [1.29, 1.82) is 0 Å². The summed E-state index contributed by atoms with van der Waals surface area (Å²) >= 11 is -0.685. The van der Waals surface area contributed by atoms with Crippen molar-refractivity contribution >= 4 is 43.7 Å². The predicted molar refractivity (Wildman–Crippen MR) is 100 cm³/mol. The molecule has 0 aromatic heterocycles. The molecule has 116 valence electrons. The fraction of sp³-hybridized carbons (Fsp3) is 1.00. The van der Waals surface area contributed by atoms with E-state index in [2.05, 4.69) is 0 Å². The first-order valence-corrected chi connectivity index (χ1v) is 12.8. The number of hydrogen-bond donors (Lipinski definition) is 0. The molecule has 3 rings (SSSR count). The third-order valence-corrected chi connectivity index (χ3v) is 15.5. The van der Waals surface area contributed by atoms with Crippen molar-refractivity contribution in [2.75, 3.05) is 0 Å². The first-order chi connectivity index (χ1) is 9.45. The minimum absolute atomic E-state index is 0. The zero-order valence-corrected chi connectivity index (χ0v) is 18.2. The molecular weight excluding hydrogens is 462 g/mol. The van der Waals surface area contributed by atoms with Gasteiger partial charge in [-0.25, -0.2) is 0 Å². The standard InChI is InChI=1S/C18H33I.Sn/c1-4-10-16(11-5-1)19(17-12-6-2-7-13-17)18-14-8-3-9-15-18;/h16-18H,1-15H2;. The topological polar surface area (TPSA) is 0 Å². The van der Waals surface area contributed by atoms with Gasteiger partial charge < -0.3 is 0 Å². The van der Waals surface area contributed by atoms with Crippen LogP contribution in [0, 0.1) is 0 Å². The minimum atomic E-state index is -0.685. The monoisotopic (exact) mass is 496 g/mol. The van der Waals surface area contributed by atoms with E-state index in [1.54, 1.807) is 96.3 Å². The van der Waals surface area contributed by atoms with Gasteiger partial charge in [0.05, 0.1) is 0 Å². The van der Waals surface area contributed by atoms with Gasteiger partial charge in [0, 0.05) is 23.9 Å². The van der Waals surface area contributed by atoms with Crippen LogP contribution < -0.4 is 0 Å². The molecule has 0 saturated heterocycles. The maximum Gasteiger partial charge on any atom is 0 e. The molecule has 0 heterocycles. The van der Waals surface area contributed by atoms with Crippen molar-refractivity contribution in [3.05, 3.63) is 0 Å². The Balaban J connectivity index is 0.00000147. The smallest absolute Gasteiger partial charge is 0 e. The Labute approximate surface area is 151 Å². The minimum Gasteiger partial charge on any atom is 0 e. The Morgan fingerprint density at radius 1 is 0.400 bits per heavy atom. The molecule has 4 radical (unpaired) electrons. The Hall–Kier alpha value is 1.53. The second-order valence-electron chi connectivity index (χ2n) is 7.08. The molecule has 0 nitrogen and oxygen atoms in total. The maximum atomic E-state index is 1.65. The van der Waals surface area contributed by atoms with E-state index in [4.69, 9.17) is 0 Å². The molecule has 0 aliphatic heterocycles. The molecule has 0 atom stereocenters. The third-order valence-electron chi connectivity index (χ3n) is 5.67. The number of alkyl halides is 3. The van der Waals surface area contributed by atoms with Crippen molar-refractivity contribution in [2.24, 2.45) is 0 Å². The van der Waals surface area contributed by atoms with Crippen molar-refractivity contribution < 1.29 is 0 Å². The second-order valence-corrected chi connectivity index (χ2v) is 14.5. The van der Waals surface area contributed by atoms with Gasteiger partial charge in [-0.2, -0.15) is 0 Å². The van der Waals surface area contributed by atoms with Crippen LogP contribution in [0.4, 0.5) is 0 Å². The largest absolute Gasteiger partial charge is 0 e. The Bertz CT molecular complexity index is 207. The van der Waals surface area contributed by atoms with Crippen LogP contribution in [0.2, 0.25) is 0 Å². The van der Waals surface area contributed by atoms with Gasteiger partial charge in [-0.1, -0.05) is 0 Å². The molecule has 3 aliphatic carbocycles. The molecule has 0 unspecified atom stereocenters. The van der Waals surface area contributed by atoms with E-state index in [9.17, 15) is 0 Å². The average molecular weight is 495 g/mol. The zero-order chi connectivity index (χ0) is 12.9. The molecule has 0 N–H and O–H groups in total. The van der Waals surface area contributed by atoms with Gasteiger partial charge in [0.1, 0.15) is 0 Å². The van der Waals surface area contributed by atoms with Crippen LogP contribution in [0.25, 0.3) is 0 Å².